The van der Waals surface area contributed by atoms with Gasteiger partial charge in [-0.25, -0.2) is 4.79 Å². The van der Waals surface area contributed by atoms with Gasteiger partial charge < -0.3 is 18.8 Å². The molecule has 1 aliphatic heterocycles. The van der Waals surface area contributed by atoms with E-state index in [9.17, 15) is 9.59 Å². The third kappa shape index (κ3) is 3.92. The van der Waals surface area contributed by atoms with Crippen molar-refractivity contribution in [1.82, 2.24) is 4.57 Å². The number of hydrogen-bond acceptors (Lipinski definition) is 6. The second-order valence-electron chi connectivity index (χ2n) is 6.95. The fourth-order valence-electron chi connectivity index (χ4n) is 3.49. The molecule has 0 fully saturated rings. The first-order valence-corrected chi connectivity index (χ1v) is 10.9. The van der Waals surface area contributed by atoms with Gasteiger partial charge in [-0.15, -0.1) is 11.3 Å². The van der Waals surface area contributed by atoms with Crippen molar-refractivity contribution < 1.29 is 18.7 Å². The summed E-state index contributed by atoms with van der Waals surface area (Å²) in [5.41, 5.74) is 1.52. The van der Waals surface area contributed by atoms with Gasteiger partial charge in [0.2, 0.25) is 5.91 Å². The highest BCUT2D eigenvalue weighted by Crippen LogP contribution is 2.35. The number of nitrogens with zero attached hydrogens (tertiary/aromatic N) is 2. The zero-order valence-electron chi connectivity index (χ0n) is 16.2. The van der Waals surface area contributed by atoms with Crippen molar-refractivity contribution in [2.45, 2.75) is 13.1 Å². The summed E-state index contributed by atoms with van der Waals surface area (Å²) in [7, 11) is 0. The smallest absolute Gasteiger partial charge is 0.420 e. The third-order valence-electron chi connectivity index (χ3n) is 4.96. The number of carbonyl (C=O) groups excluding carboxylic acids is 1. The maximum Gasteiger partial charge on any atom is 0.420 e. The van der Waals surface area contributed by atoms with Crippen LogP contribution in [0.5, 0.6) is 11.5 Å². The first kappa shape index (κ1) is 19.7. The molecule has 4 aromatic rings. The molecule has 1 amide bonds. The molecule has 31 heavy (non-hydrogen) atoms. The van der Waals surface area contributed by atoms with E-state index in [0.717, 1.165) is 4.88 Å². The van der Waals surface area contributed by atoms with Crippen LogP contribution in [-0.2, 0) is 17.9 Å². The molecule has 0 radical (unpaired) electrons. The van der Waals surface area contributed by atoms with E-state index in [-0.39, 0.29) is 12.5 Å². The number of thiophene rings is 1. The highest BCUT2D eigenvalue weighted by atomic mass is 35.5. The Balaban J connectivity index is 1.50. The molecule has 0 aliphatic carbocycles. The Morgan fingerprint density at radius 2 is 1.94 bits per heavy atom. The minimum atomic E-state index is -0.608. The normalized spacial score (nSPS) is 12.8. The van der Waals surface area contributed by atoms with Gasteiger partial charge in [-0.3, -0.25) is 9.36 Å². The van der Waals surface area contributed by atoms with E-state index in [1.54, 1.807) is 46.6 Å². The van der Waals surface area contributed by atoms with Crippen molar-refractivity contribution >= 4 is 45.6 Å². The molecular formula is C22H17ClN2O5S. The topological polar surface area (TPSA) is 73.9 Å². The summed E-state index contributed by atoms with van der Waals surface area (Å²) in [6.45, 7) is 1.14. The fourth-order valence-corrected chi connectivity index (χ4v) is 4.35. The molecule has 2 aromatic carbocycles. The van der Waals surface area contributed by atoms with Gasteiger partial charge in [-0.1, -0.05) is 17.7 Å². The van der Waals surface area contributed by atoms with Crippen LogP contribution in [0.25, 0.3) is 11.1 Å². The molecule has 7 nitrogen and oxygen atoms in total. The lowest BCUT2D eigenvalue weighted by molar-refractivity contribution is -0.119. The zero-order chi connectivity index (χ0) is 21.4. The van der Waals surface area contributed by atoms with Crippen LogP contribution in [0, 0.1) is 0 Å². The highest BCUT2D eigenvalue weighted by Gasteiger charge is 2.22. The molecule has 9 heteroatoms. The van der Waals surface area contributed by atoms with E-state index in [1.165, 1.54) is 4.57 Å². The van der Waals surface area contributed by atoms with E-state index in [1.807, 2.05) is 23.6 Å². The summed E-state index contributed by atoms with van der Waals surface area (Å²) in [5.74, 6) is 0.370. The minimum Gasteiger partial charge on any atom is -0.486 e. The van der Waals surface area contributed by atoms with Crippen molar-refractivity contribution in [3.05, 3.63) is 74.4 Å². The monoisotopic (exact) mass is 456 g/mol. The Kier molecular flexibility index (Phi) is 5.17. The molecule has 158 valence electrons. The number of fused-ring (bicyclic) bond motifs is 2. The molecular weight excluding hydrogens is 440 g/mol. The molecule has 0 saturated heterocycles. The van der Waals surface area contributed by atoms with Crippen LogP contribution < -0.4 is 20.1 Å². The van der Waals surface area contributed by atoms with Crippen molar-refractivity contribution in [1.29, 1.82) is 0 Å². The number of halogens is 1. The number of ether oxygens (including phenoxy) is 2. The largest absolute Gasteiger partial charge is 0.486 e. The first-order valence-electron chi connectivity index (χ1n) is 9.60. The summed E-state index contributed by atoms with van der Waals surface area (Å²) < 4.78 is 17.8. The minimum absolute atomic E-state index is 0.173. The van der Waals surface area contributed by atoms with Crippen LogP contribution in [0.2, 0.25) is 5.02 Å². The lowest BCUT2D eigenvalue weighted by Gasteiger charge is -2.25. The van der Waals surface area contributed by atoms with Gasteiger partial charge in [-0.05, 0) is 35.7 Å². The highest BCUT2D eigenvalue weighted by molar-refractivity contribution is 7.09. The summed E-state index contributed by atoms with van der Waals surface area (Å²) >= 11 is 7.54. The number of rotatable bonds is 5. The second kappa shape index (κ2) is 8.13. The van der Waals surface area contributed by atoms with E-state index in [4.69, 9.17) is 25.5 Å². The molecule has 0 spiro atoms. The Labute approximate surface area is 186 Å². The van der Waals surface area contributed by atoms with Crippen molar-refractivity contribution in [3.63, 3.8) is 0 Å². The quantitative estimate of drug-likeness (QED) is 0.447. The molecule has 5 rings (SSSR count). The second-order valence-corrected chi connectivity index (χ2v) is 8.42. The van der Waals surface area contributed by atoms with Gasteiger partial charge in [0, 0.05) is 27.7 Å². The van der Waals surface area contributed by atoms with E-state index < -0.39 is 5.76 Å². The molecule has 1 aliphatic rings. The number of oxazole rings is 1. The van der Waals surface area contributed by atoms with Crippen LogP contribution in [0.4, 0.5) is 5.69 Å². The summed E-state index contributed by atoms with van der Waals surface area (Å²) in [6, 6.07) is 14.2. The van der Waals surface area contributed by atoms with Crippen LogP contribution in [0.1, 0.15) is 4.88 Å². The maximum absolute atomic E-state index is 13.4. The number of amides is 1. The number of anilines is 1. The lowest BCUT2D eigenvalue weighted by Crippen LogP contribution is -2.35. The first-order chi connectivity index (χ1) is 15.1. The van der Waals surface area contributed by atoms with Gasteiger partial charge in [0.15, 0.2) is 17.1 Å². The van der Waals surface area contributed by atoms with Gasteiger partial charge >= 0.3 is 5.76 Å². The lowest BCUT2D eigenvalue weighted by atomic mass is 10.2. The Morgan fingerprint density at radius 3 is 2.74 bits per heavy atom. The molecule has 0 saturated carbocycles. The Hall–Kier alpha value is -3.23. The van der Waals surface area contributed by atoms with E-state index >= 15 is 0 Å². The van der Waals surface area contributed by atoms with Gasteiger partial charge in [-0.2, -0.15) is 0 Å². The average molecular weight is 457 g/mol. The molecule has 0 atom stereocenters. The van der Waals surface area contributed by atoms with Crippen LogP contribution in [0.15, 0.2) is 63.1 Å². The predicted molar refractivity (Wildman–Crippen MR) is 118 cm³/mol. The molecule has 0 bridgehead atoms. The van der Waals surface area contributed by atoms with Gasteiger partial charge in [0.05, 0.1) is 12.1 Å². The Bertz CT molecular complexity index is 1310. The van der Waals surface area contributed by atoms with Crippen molar-refractivity contribution in [2.75, 3.05) is 18.1 Å². The average Bonchev–Trinajstić information content (AvgIpc) is 3.39. The molecule has 0 N–H and O–H groups in total. The van der Waals surface area contributed by atoms with Crippen LogP contribution >= 0.6 is 22.9 Å². The standard InChI is InChI=1S/C22H17ClN2O5S/c23-14-3-5-17-19(10-14)30-22(27)25(17)13-21(26)24(12-16-2-1-9-31-16)15-4-6-18-20(11-15)29-8-7-28-18/h1-6,9-11H,7-8,12-13H2. The van der Waals surface area contributed by atoms with E-state index in [2.05, 4.69) is 0 Å². The number of aromatic nitrogens is 1. The molecule has 3 heterocycles. The van der Waals surface area contributed by atoms with Crippen LogP contribution in [0.3, 0.4) is 0 Å². The summed E-state index contributed by atoms with van der Waals surface area (Å²) in [6.07, 6.45) is 0. The maximum atomic E-state index is 13.4. The zero-order valence-corrected chi connectivity index (χ0v) is 17.8. The van der Waals surface area contributed by atoms with Crippen molar-refractivity contribution in [2.24, 2.45) is 0 Å². The Morgan fingerprint density at radius 1 is 1.10 bits per heavy atom. The van der Waals surface area contributed by atoms with E-state index in [0.29, 0.717) is 53.1 Å². The van der Waals surface area contributed by atoms with Crippen LogP contribution in [-0.4, -0.2) is 23.7 Å². The predicted octanol–water partition coefficient (Wildman–Crippen LogP) is 4.31. The number of hydrogen-bond donors (Lipinski definition) is 0. The van der Waals surface area contributed by atoms with Crippen molar-refractivity contribution in [3.8, 4) is 11.5 Å². The fraction of sp³-hybridized carbons (Fsp3) is 0.182. The summed E-state index contributed by atoms with van der Waals surface area (Å²) in [5, 5.41) is 2.41. The summed E-state index contributed by atoms with van der Waals surface area (Å²) in [4.78, 5) is 28.4. The third-order valence-corrected chi connectivity index (χ3v) is 6.05. The van der Waals surface area contributed by atoms with Gasteiger partial charge in [0.1, 0.15) is 19.8 Å². The SMILES string of the molecule is O=C(Cn1c(=O)oc2cc(Cl)ccc21)N(Cc1cccs1)c1ccc2c(c1)OCCO2. The number of benzene rings is 2. The van der Waals surface area contributed by atoms with Gasteiger partial charge in [0.25, 0.3) is 0 Å². The molecule has 2 aromatic heterocycles. The molecule has 0 unspecified atom stereocenters. The number of carbonyl (C=O) groups is 1.